The summed E-state index contributed by atoms with van der Waals surface area (Å²) in [5.74, 6) is 0.395. The van der Waals surface area contributed by atoms with E-state index in [0.717, 1.165) is 5.56 Å². The Labute approximate surface area is 183 Å². The van der Waals surface area contributed by atoms with Gasteiger partial charge < -0.3 is 18.9 Å². The van der Waals surface area contributed by atoms with Crippen LogP contribution in [0.4, 0.5) is 0 Å². The molecule has 0 atom stereocenters. The average Bonchev–Trinajstić information content (AvgIpc) is 2.76. The SMILES string of the molecule is COC(=O)/C=C/c1cc(OC)c(OC)c(S(=O)(=O)N(C)CCOc2cccc(C)c2)c1. The van der Waals surface area contributed by atoms with Crippen LogP contribution in [-0.4, -0.2) is 60.2 Å². The van der Waals surface area contributed by atoms with Gasteiger partial charge >= 0.3 is 5.97 Å². The summed E-state index contributed by atoms with van der Waals surface area (Å²) in [6.07, 6.45) is 2.63. The standard InChI is InChI=1S/C22H27NO7S/c1-16-7-6-8-18(13-16)30-12-11-23(2)31(25,26)20-15-17(9-10-21(24)28-4)14-19(27-3)22(20)29-5/h6-10,13-15H,11-12H2,1-5H3/b10-9+. The van der Waals surface area contributed by atoms with Crippen molar-refractivity contribution in [1.82, 2.24) is 4.31 Å². The van der Waals surface area contributed by atoms with E-state index in [-0.39, 0.29) is 29.5 Å². The van der Waals surface area contributed by atoms with Crippen LogP contribution in [0.2, 0.25) is 0 Å². The van der Waals surface area contributed by atoms with Gasteiger partial charge in [-0.05, 0) is 48.4 Å². The maximum atomic E-state index is 13.2. The van der Waals surface area contributed by atoms with E-state index < -0.39 is 16.0 Å². The number of hydrogen-bond donors (Lipinski definition) is 0. The van der Waals surface area contributed by atoms with E-state index in [0.29, 0.717) is 11.3 Å². The summed E-state index contributed by atoms with van der Waals surface area (Å²) in [5.41, 5.74) is 1.48. The molecular weight excluding hydrogens is 422 g/mol. The molecule has 2 rings (SSSR count). The van der Waals surface area contributed by atoms with Gasteiger partial charge in [0.1, 0.15) is 17.3 Å². The predicted octanol–water partition coefficient (Wildman–Crippen LogP) is 2.90. The maximum absolute atomic E-state index is 13.2. The Balaban J connectivity index is 2.29. The fourth-order valence-electron chi connectivity index (χ4n) is 2.76. The molecule has 8 nitrogen and oxygen atoms in total. The fraction of sp³-hybridized carbons (Fsp3) is 0.318. The lowest BCUT2D eigenvalue weighted by atomic mass is 10.2. The molecule has 0 radical (unpaired) electrons. The molecule has 0 aromatic heterocycles. The number of aryl methyl sites for hydroxylation is 1. The van der Waals surface area contributed by atoms with E-state index in [1.807, 2.05) is 31.2 Å². The Morgan fingerprint density at radius 3 is 2.45 bits per heavy atom. The lowest BCUT2D eigenvalue weighted by Crippen LogP contribution is -2.31. The van der Waals surface area contributed by atoms with E-state index >= 15 is 0 Å². The Morgan fingerprint density at radius 1 is 1.10 bits per heavy atom. The van der Waals surface area contributed by atoms with Crippen molar-refractivity contribution in [2.24, 2.45) is 0 Å². The first-order valence-corrected chi connectivity index (χ1v) is 10.8. The van der Waals surface area contributed by atoms with E-state index in [1.165, 1.54) is 50.9 Å². The zero-order valence-corrected chi connectivity index (χ0v) is 19.1. The summed E-state index contributed by atoms with van der Waals surface area (Å²) >= 11 is 0. The van der Waals surface area contributed by atoms with Crippen LogP contribution in [0.25, 0.3) is 6.08 Å². The summed E-state index contributed by atoms with van der Waals surface area (Å²) in [5, 5.41) is 0. The zero-order valence-electron chi connectivity index (χ0n) is 18.2. The highest BCUT2D eigenvalue weighted by molar-refractivity contribution is 7.89. The van der Waals surface area contributed by atoms with Gasteiger partial charge in [-0.25, -0.2) is 13.2 Å². The van der Waals surface area contributed by atoms with Crippen LogP contribution in [-0.2, 0) is 19.6 Å². The molecule has 0 saturated heterocycles. The molecule has 0 aliphatic heterocycles. The minimum absolute atomic E-state index is 0.0733. The van der Waals surface area contributed by atoms with Crippen molar-refractivity contribution in [3.05, 3.63) is 53.6 Å². The summed E-state index contributed by atoms with van der Waals surface area (Å²) < 4.78 is 48.5. The monoisotopic (exact) mass is 449 g/mol. The molecule has 9 heteroatoms. The van der Waals surface area contributed by atoms with Crippen LogP contribution < -0.4 is 14.2 Å². The second kappa shape index (κ2) is 10.8. The first-order chi connectivity index (χ1) is 14.7. The molecular formula is C22H27NO7S. The fourth-order valence-corrected chi connectivity index (χ4v) is 4.11. The number of esters is 1. The number of hydrogen-bond acceptors (Lipinski definition) is 7. The number of nitrogens with zero attached hydrogens (tertiary/aromatic N) is 1. The van der Waals surface area contributed by atoms with E-state index in [2.05, 4.69) is 4.74 Å². The minimum Gasteiger partial charge on any atom is -0.493 e. The molecule has 2 aromatic rings. The summed E-state index contributed by atoms with van der Waals surface area (Å²) in [6, 6.07) is 10.5. The van der Waals surface area contributed by atoms with Crippen molar-refractivity contribution < 1.29 is 32.2 Å². The quantitative estimate of drug-likeness (QED) is 0.407. The zero-order chi connectivity index (χ0) is 23.0. The summed E-state index contributed by atoms with van der Waals surface area (Å²) in [4.78, 5) is 11.3. The summed E-state index contributed by atoms with van der Waals surface area (Å²) in [7, 11) is 1.53. The van der Waals surface area contributed by atoms with Gasteiger partial charge in [0.25, 0.3) is 0 Å². The molecule has 0 N–H and O–H groups in total. The number of sulfonamides is 1. The van der Waals surface area contributed by atoms with Gasteiger partial charge in [0, 0.05) is 19.7 Å². The van der Waals surface area contributed by atoms with Crippen LogP contribution in [0.1, 0.15) is 11.1 Å². The molecule has 0 amide bonds. The van der Waals surface area contributed by atoms with Crippen molar-refractivity contribution in [3.63, 3.8) is 0 Å². The number of ether oxygens (including phenoxy) is 4. The van der Waals surface area contributed by atoms with E-state index in [9.17, 15) is 13.2 Å². The van der Waals surface area contributed by atoms with Crippen molar-refractivity contribution in [2.45, 2.75) is 11.8 Å². The first kappa shape index (κ1) is 24.2. The van der Waals surface area contributed by atoms with Crippen molar-refractivity contribution >= 4 is 22.1 Å². The first-order valence-electron chi connectivity index (χ1n) is 9.40. The number of benzene rings is 2. The van der Waals surface area contributed by atoms with Gasteiger partial charge in [-0.2, -0.15) is 4.31 Å². The highest BCUT2D eigenvalue weighted by Gasteiger charge is 2.28. The van der Waals surface area contributed by atoms with Gasteiger partial charge in [0.15, 0.2) is 11.5 Å². The van der Waals surface area contributed by atoms with Crippen LogP contribution >= 0.6 is 0 Å². The number of methoxy groups -OCH3 is 3. The van der Waals surface area contributed by atoms with Crippen molar-refractivity contribution in [2.75, 3.05) is 41.5 Å². The number of rotatable bonds is 10. The molecule has 0 aliphatic rings. The highest BCUT2D eigenvalue weighted by atomic mass is 32.2. The molecule has 0 bridgehead atoms. The largest absolute Gasteiger partial charge is 0.493 e. The maximum Gasteiger partial charge on any atom is 0.330 e. The minimum atomic E-state index is -3.95. The Morgan fingerprint density at radius 2 is 1.84 bits per heavy atom. The third-order valence-corrected chi connectivity index (χ3v) is 6.30. The van der Waals surface area contributed by atoms with E-state index in [4.69, 9.17) is 14.2 Å². The van der Waals surface area contributed by atoms with Crippen LogP contribution in [0.15, 0.2) is 47.4 Å². The lowest BCUT2D eigenvalue weighted by molar-refractivity contribution is -0.134. The van der Waals surface area contributed by atoms with Gasteiger partial charge in [-0.3, -0.25) is 0 Å². The predicted molar refractivity (Wildman–Crippen MR) is 117 cm³/mol. The third-order valence-electron chi connectivity index (χ3n) is 4.43. The molecule has 0 aliphatic carbocycles. The van der Waals surface area contributed by atoms with Crippen molar-refractivity contribution in [3.8, 4) is 17.2 Å². The molecule has 31 heavy (non-hydrogen) atoms. The normalized spacial score (nSPS) is 11.5. The lowest BCUT2D eigenvalue weighted by Gasteiger charge is -2.20. The van der Waals surface area contributed by atoms with Crippen molar-refractivity contribution in [1.29, 1.82) is 0 Å². The number of carbonyl (C=O) groups is 1. The molecule has 0 heterocycles. The van der Waals surface area contributed by atoms with Gasteiger partial charge in [-0.15, -0.1) is 0 Å². The highest BCUT2D eigenvalue weighted by Crippen LogP contribution is 2.37. The molecule has 0 unspecified atom stereocenters. The number of carbonyl (C=O) groups excluding carboxylic acids is 1. The van der Waals surface area contributed by atoms with Gasteiger partial charge in [0.05, 0.1) is 21.3 Å². The average molecular weight is 450 g/mol. The second-order valence-corrected chi connectivity index (χ2v) is 8.62. The third kappa shape index (κ3) is 6.22. The summed E-state index contributed by atoms with van der Waals surface area (Å²) in [6.45, 7) is 2.23. The molecule has 0 saturated carbocycles. The topological polar surface area (TPSA) is 91.4 Å². The van der Waals surface area contributed by atoms with Gasteiger partial charge in [0.2, 0.25) is 10.0 Å². The van der Waals surface area contributed by atoms with Gasteiger partial charge in [-0.1, -0.05) is 12.1 Å². The Hall–Kier alpha value is -3.04. The van der Waals surface area contributed by atoms with E-state index in [1.54, 1.807) is 6.07 Å². The molecule has 0 spiro atoms. The van der Waals surface area contributed by atoms with Crippen LogP contribution in [0.3, 0.4) is 0 Å². The van der Waals surface area contributed by atoms with Crippen LogP contribution in [0, 0.1) is 6.92 Å². The molecule has 2 aromatic carbocycles. The second-order valence-electron chi connectivity index (χ2n) is 6.60. The Bertz CT molecular complexity index is 1050. The van der Waals surface area contributed by atoms with Crippen LogP contribution in [0.5, 0.6) is 17.2 Å². The number of likely N-dealkylation sites (N-methyl/N-ethyl adjacent to an activating group) is 1. The molecule has 168 valence electrons. The molecule has 0 fully saturated rings. The Kier molecular flexibility index (Phi) is 8.47. The smallest absolute Gasteiger partial charge is 0.330 e.